The summed E-state index contributed by atoms with van der Waals surface area (Å²) < 4.78 is 2.13. The van der Waals surface area contributed by atoms with E-state index in [2.05, 4.69) is 45.2 Å². The van der Waals surface area contributed by atoms with Crippen molar-refractivity contribution < 1.29 is 0 Å². The van der Waals surface area contributed by atoms with Crippen LogP contribution in [0.5, 0.6) is 0 Å². The molecule has 0 unspecified atom stereocenters. The van der Waals surface area contributed by atoms with Crippen LogP contribution in [0, 0.1) is 6.92 Å². The van der Waals surface area contributed by atoms with E-state index in [4.69, 9.17) is 0 Å². The number of aromatic nitrogens is 2. The van der Waals surface area contributed by atoms with Gasteiger partial charge in [0.05, 0.1) is 12.2 Å². The molecule has 0 aliphatic rings. The smallest absolute Gasteiger partial charge is 0.203 e. The zero-order valence-corrected chi connectivity index (χ0v) is 10.1. The highest BCUT2D eigenvalue weighted by atomic mass is 32.1. The van der Waals surface area contributed by atoms with E-state index >= 15 is 0 Å². The number of imidazole rings is 1. The van der Waals surface area contributed by atoms with E-state index in [9.17, 15) is 0 Å². The minimum Gasteiger partial charge on any atom is -0.352 e. The monoisotopic (exact) mass is 233 g/mol. The van der Waals surface area contributed by atoms with Crippen molar-refractivity contribution in [3.63, 3.8) is 0 Å². The van der Waals surface area contributed by atoms with Crippen LogP contribution in [0.25, 0.3) is 0 Å². The Balaban J connectivity index is 2.15. The van der Waals surface area contributed by atoms with Gasteiger partial charge in [-0.15, -0.1) is 17.9 Å². The van der Waals surface area contributed by atoms with Gasteiger partial charge in [0.1, 0.15) is 0 Å². The Morgan fingerprint density at radius 2 is 2.50 bits per heavy atom. The average molecular weight is 233 g/mol. The van der Waals surface area contributed by atoms with Crippen molar-refractivity contribution in [1.82, 2.24) is 9.55 Å². The predicted molar refractivity (Wildman–Crippen MR) is 69.1 cm³/mol. The quantitative estimate of drug-likeness (QED) is 0.805. The molecule has 0 aromatic carbocycles. The first-order valence-corrected chi connectivity index (χ1v) is 6.08. The van der Waals surface area contributed by atoms with Gasteiger partial charge in [0.15, 0.2) is 0 Å². The van der Waals surface area contributed by atoms with E-state index in [1.807, 2.05) is 13.0 Å². The van der Waals surface area contributed by atoms with Crippen molar-refractivity contribution in [2.24, 2.45) is 0 Å². The lowest BCUT2D eigenvalue weighted by Gasteiger charge is -2.06. The van der Waals surface area contributed by atoms with Crippen molar-refractivity contribution in [1.29, 1.82) is 0 Å². The summed E-state index contributed by atoms with van der Waals surface area (Å²) in [6, 6.07) is 4.21. The number of nitrogens with one attached hydrogen (secondary N) is 1. The van der Waals surface area contributed by atoms with E-state index in [1.165, 1.54) is 4.88 Å². The Labute approximate surface area is 99.5 Å². The van der Waals surface area contributed by atoms with Crippen LogP contribution in [-0.2, 0) is 6.54 Å². The Kier molecular flexibility index (Phi) is 3.41. The normalized spacial score (nSPS) is 10.3. The molecular weight excluding hydrogens is 218 g/mol. The molecular formula is C12H15N3S. The fourth-order valence-corrected chi connectivity index (χ4v) is 2.24. The summed E-state index contributed by atoms with van der Waals surface area (Å²) in [6.07, 6.45) is 3.89. The molecule has 0 amide bonds. The van der Waals surface area contributed by atoms with E-state index in [-0.39, 0.29) is 0 Å². The molecule has 2 heterocycles. The van der Waals surface area contributed by atoms with Gasteiger partial charge in [0.25, 0.3) is 0 Å². The van der Waals surface area contributed by atoms with Crippen molar-refractivity contribution in [2.45, 2.75) is 13.5 Å². The molecule has 0 radical (unpaired) electrons. The predicted octanol–water partition coefficient (Wildman–Crippen LogP) is 2.90. The first-order valence-electron chi connectivity index (χ1n) is 5.20. The van der Waals surface area contributed by atoms with Crippen molar-refractivity contribution in [3.05, 3.63) is 46.9 Å². The van der Waals surface area contributed by atoms with Gasteiger partial charge in [-0.05, 0) is 18.4 Å². The lowest BCUT2D eigenvalue weighted by Crippen LogP contribution is -2.07. The Hall–Kier alpha value is -1.55. The number of thiophene rings is 1. The molecule has 0 aliphatic heterocycles. The van der Waals surface area contributed by atoms with Crippen LogP contribution in [0.15, 0.2) is 36.4 Å². The molecule has 4 heteroatoms. The maximum atomic E-state index is 4.44. The summed E-state index contributed by atoms with van der Waals surface area (Å²) in [6.45, 7) is 7.30. The summed E-state index contributed by atoms with van der Waals surface area (Å²) in [5, 5.41) is 5.33. The van der Waals surface area contributed by atoms with Crippen LogP contribution >= 0.6 is 11.3 Å². The maximum Gasteiger partial charge on any atom is 0.203 e. The molecule has 1 N–H and O–H groups in total. The Morgan fingerprint density at radius 3 is 3.19 bits per heavy atom. The molecule has 16 heavy (non-hydrogen) atoms. The first-order chi connectivity index (χ1) is 7.79. The summed E-state index contributed by atoms with van der Waals surface area (Å²) in [5.74, 6) is 0.908. The minimum absolute atomic E-state index is 0.737. The Bertz CT molecular complexity index is 457. The second kappa shape index (κ2) is 4.99. The summed E-state index contributed by atoms with van der Waals surface area (Å²) in [5.41, 5.74) is 1.03. The molecule has 0 fully saturated rings. The van der Waals surface area contributed by atoms with E-state index in [0.29, 0.717) is 0 Å². The fourth-order valence-electron chi connectivity index (χ4n) is 1.54. The highest BCUT2D eigenvalue weighted by molar-refractivity contribution is 7.09. The van der Waals surface area contributed by atoms with Crippen LogP contribution in [0.3, 0.4) is 0 Å². The van der Waals surface area contributed by atoms with E-state index in [0.717, 1.165) is 24.7 Å². The molecule has 0 atom stereocenters. The minimum atomic E-state index is 0.737. The van der Waals surface area contributed by atoms with Gasteiger partial charge in [0, 0.05) is 17.6 Å². The SMILES string of the molecule is C=CCNc1nc(C)cn1Cc1cccs1. The lowest BCUT2D eigenvalue weighted by molar-refractivity contribution is 0.814. The molecule has 0 bridgehead atoms. The van der Waals surface area contributed by atoms with Gasteiger partial charge in [-0.2, -0.15) is 0 Å². The third kappa shape index (κ3) is 2.52. The van der Waals surface area contributed by atoms with E-state index < -0.39 is 0 Å². The van der Waals surface area contributed by atoms with Crippen LogP contribution in [0.2, 0.25) is 0 Å². The van der Waals surface area contributed by atoms with Crippen LogP contribution in [0.1, 0.15) is 10.6 Å². The second-order valence-corrected chi connectivity index (χ2v) is 4.61. The molecule has 0 saturated heterocycles. The fraction of sp³-hybridized carbons (Fsp3) is 0.250. The van der Waals surface area contributed by atoms with Gasteiger partial charge in [-0.25, -0.2) is 4.98 Å². The van der Waals surface area contributed by atoms with Gasteiger partial charge in [-0.3, -0.25) is 0 Å². The first kappa shape index (κ1) is 11.0. The van der Waals surface area contributed by atoms with Crippen LogP contribution in [0.4, 0.5) is 5.95 Å². The highest BCUT2D eigenvalue weighted by Gasteiger charge is 2.05. The standard InChI is InChI=1S/C12H15N3S/c1-3-6-13-12-14-10(2)8-15(12)9-11-5-4-7-16-11/h3-5,7-8H,1,6,9H2,2H3,(H,13,14). The number of nitrogens with zero attached hydrogens (tertiary/aromatic N) is 2. The number of aryl methyl sites for hydroxylation is 1. The molecule has 0 saturated carbocycles. The van der Waals surface area contributed by atoms with Crippen molar-refractivity contribution >= 4 is 17.3 Å². The maximum absolute atomic E-state index is 4.44. The highest BCUT2D eigenvalue weighted by Crippen LogP contribution is 2.15. The molecule has 3 nitrogen and oxygen atoms in total. The summed E-state index contributed by atoms with van der Waals surface area (Å²) in [7, 11) is 0. The summed E-state index contributed by atoms with van der Waals surface area (Å²) in [4.78, 5) is 5.77. The van der Waals surface area contributed by atoms with Crippen LogP contribution in [-0.4, -0.2) is 16.1 Å². The van der Waals surface area contributed by atoms with Crippen molar-refractivity contribution in [3.8, 4) is 0 Å². The third-order valence-electron chi connectivity index (χ3n) is 2.21. The lowest BCUT2D eigenvalue weighted by atomic mass is 10.4. The second-order valence-electron chi connectivity index (χ2n) is 3.58. The van der Waals surface area contributed by atoms with Gasteiger partial charge < -0.3 is 9.88 Å². The topological polar surface area (TPSA) is 29.9 Å². The molecule has 2 rings (SSSR count). The van der Waals surface area contributed by atoms with E-state index in [1.54, 1.807) is 11.3 Å². The average Bonchev–Trinajstić information content (AvgIpc) is 2.86. The summed E-state index contributed by atoms with van der Waals surface area (Å²) >= 11 is 1.76. The number of hydrogen-bond donors (Lipinski definition) is 1. The van der Waals surface area contributed by atoms with Gasteiger partial charge >= 0.3 is 0 Å². The molecule has 2 aromatic heterocycles. The zero-order chi connectivity index (χ0) is 11.4. The molecule has 84 valence electrons. The van der Waals surface area contributed by atoms with Gasteiger partial charge in [0.2, 0.25) is 5.95 Å². The van der Waals surface area contributed by atoms with Crippen LogP contribution < -0.4 is 5.32 Å². The Morgan fingerprint density at radius 1 is 1.62 bits per heavy atom. The van der Waals surface area contributed by atoms with Gasteiger partial charge in [-0.1, -0.05) is 12.1 Å². The third-order valence-corrected chi connectivity index (χ3v) is 3.07. The number of hydrogen-bond acceptors (Lipinski definition) is 3. The molecule has 2 aromatic rings. The molecule has 0 aliphatic carbocycles. The van der Waals surface area contributed by atoms with Crippen molar-refractivity contribution in [2.75, 3.05) is 11.9 Å². The zero-order valence-electron chi connectivity index (χ0n) is 9.31. The molecule has 0 spiro atoms. The number of anilines is 1. The number of rotatable bonds is 5. The largest absolute Gasteiger partial charge is 0.352 e.